The van der Waals surface area contributed by atoms with E-state index in [9.17, 15) is 19.7 Å². The summed E-state index contributed by atoms with van der Waals surface area (Å²) in [4.78, 5) is 39.9. The molecule has 8 nitrogen and oxygen atoms in total. The molecule has 2 amide bonds. The lowest BCUT2D eigenvalue weighted by atomic mass is 9.93. The van der Waals surface area contributed by atoms with Gasteiger partial charge in [-0.15, -0.1) is 11.3 Å². The average molecular weight is 374 g/mol. The SMILES string of the molecule is CC1CCc2nc(NC(=O)CNC(=O)c3cccc([N+](=O)[O-])c3)sc2C1. The summed E-state index contributed by atoms with van der Waals surface area (Å²) in [5.74, 6) is -0.306. The second-order valence-corrected chi connectivity index (χ2v) is 7.36. The molecule has 136 valence electrons. The first-order valence-corrected chi connectivity index (χ1v) is 9.05. The van der Waals surface area contributed by atoms with Gasteiger partial charge in [0, 0.05) is 22.6 Å². The number of benzene rings is 1. The van der Waals surface area contributed by atoms with Crippen LogP contribution in [0.3, 0.4) is 0 Å². The third-order valence-electron chi connectivity index (χ3n) is 4.16. The van der Waals surface area contributed by atoms with Crippen LogP contribution < -0.4 is 10.6 Å². The Kier molecular flexibility index (Phi) is 5.27. The predicted octanol–water partition coefficient (Wildman–Crippen LogP) is 2.54. The minimum Gasteiger partial charge on any atom is -0.343 e. The number of rotatable bonds is 5. The van der Waals surface area contributed by atoms with Crippen LogP contribution in [0.5, 0.6) is 0 Å². The van der Waals surface area contributed by atoms with Gasteiger partial charge in [0.05, 0.1) is 17.2 Å². The maximum atomic E-state index is 12.0. The van der Waals surface area contributed by atoms with Crippen molar-refractivity contribution < 1.29 is 14.5 Å². The van der Waals surface area contributed by atoms with Gasteiger partial charge in [-0.25, -0.2) is 4.98 Å². The molecule has 0 aliphatic heterocycles. The third-order valence-corrected chi connectivity index (χ3v) is 5.20. The van der Waals surface area contributed by atoms with E-state index < -0.39 is 10.8 Å². The van der Waals surface area contributed by atoms with Crippen molar-refractivity contribution in [2.45, 2.75) is 26.2 Å². The van der Waals surface area contributed by atoms with Crippen LogP contribution in [0.25, 0.3) is 0 Å². The Morgan fingerprint density at radius 1 is 1.42 bits per heavy atom. The number of amides is 2. The first-order chi connectivity index (χ1) is 12.4. The molecule has 1 aliphatic carbocycles. The topological polar surface area (TPSA) is 114 Å². The zero-order chi connectivity index (χ0) is 18.7. The summed E-state index contributed by atoms with van der Waals surface area (Å²) in [6.45, 7) is 1.96. The summed E-state index contributed by atoms with van der Waals surface area (Å²) in [6.07, 6.45) is 3.00. The largest absolute Gasteiger partial charge is 0.343 e. The van der Waals surface area contributed by atoms with E-state index in [1.165, 1.54) is 40.5 Å². The van der Waals surface area contributed by atoms with Gasteiger partial charge in [0.2, 0.25) is 5.91 Å². The molecule has 1 aromatic heterocycles. The minimum atomic E-state index is -0.575. The summed E-state index contributed by atoms with van der Waals surface area (Å²) in [7, 11) is 0. The predicted molar refractivity (Wildman–Crippen MR) is 97.4 cm³/mol. The molecule has 2 aromatic rings. The number of anilines is 1. The second-order valence-electron chi connectivity index (χ2n) is 6.28. The van der Waals surface area contributed by atoms with Gasteiger partial charge < -0.3 is 10.6 Å². The van der Waals surface area contributed by atoms with Crippen LogP contribution in [0, 0.1) is 16.0 Å². The maximum absolute atomic E-state index is 12.0. The Morgan fingerprint density at radius 3 is 3.00 bits per heavy atom. The molecule has 1 atom stereocenters. The lowest BCUT2D eigenvalue weighted by Crippen LogP contribution is -2.32. The summed E-state index contributed by atoms with van der Waals surface area (Å²) in [5, 5.41) is 16.4. The molecule has 1 aromatic carbocycles. The van der Waals surface area contributed by atoms with E-state index >= 15 is 0 Å². The van der Waals surface area contributed by atoms with Gasteiger partial charge in [-0.05, 0) is 31.2 Å². The number of carbonyl (C=O) groups excluding carboxylic acids is 2. The number of aromatic nitrogens is 1. The molecule has 9 heteroatoms. The number of fused-ring (bicyclic) bond motifs is 1. The number of thiazole rings is 1. The molecule has 0 saturated heterocycles. The van der Waals surface area contributed by atoms with Gasteiger partial charge in [-0.2, -0.15) is 0 Å². The van der Waals surface area contributed by atoms with Crippen molar-refractivity contribution >= 4 is 34.0 Å². The summed E-state index contributed by atoms with van der Waals surface area (Å²) < 4.78 is 0. The maximum Gasteiger partial charge on any atom is 0.270 e. The monoisotopic (exact) mass is 374 g/mol. The lowest BCUT2D eigenvalue weighted by Gasteiger charge is -2.15. The van der Waals surface area contributed by atoms with Gasteiger partial charge >= 0.3 is 0 Å². The lowest BCUT2D eigenvalue weighted by molar-refractivity contribution is -0.384. The number of nitro groups is 1. The standard InChI is InChI=1S/C17H18N4O4S/c1-10-5-6-13-14(7-10)26-17(19-13)20-15(22)9-18-16(23)11-3-2-4-12(8-11)21(24)25/h2-4,8,10H,5-7,9H2,1H3,(H,18,23)(H,19,20,22). The van der Waals surface area contributed by atoms with Crippen LogP contribution in [0.4, 0.5) is 10.8 Å². The number of carbonyl (C=O) groups is 2. The highest BCUT2D eigenvalue weighted by Crippen LogP contribution is 2.31. The van der Waals surface area contributed by atoms with Crippen molar-refractivity contribution in [3.05, 3.63) is 50.5 Å². The molecule has 26 heavy (non-hydrogen) atoms. The molecule has 3 rings (SSSR count). The van der Waals surface area contributed by atoms with Crippen molar-refractivity contribution in [3.8, 4) is 0 Å². The minimum absolute atomic E-state index is 0.130. The highest BCUT2D eigenvalue weighted by atomic mass is 32.1. The van der Waals surface area contributed by atoms with E-state index in [0.717, 1.165) is 25.0 Å². The number of nitrogens with zero attached hydrogens (tertiary/aromatic N) is 2. The van der Waals surface area contributed by atoms with Gasteiger partial charge in [0.15, 0.2) is 5.13 Å². The van der Waals surface area contributed by atoms with Crippen LogP contribution in [0.2, 0.25) is 0 Å². The van der Waals surface area contributed by atoms with E-state index in [1.807, 2.05) is 0 Å². The number of hydrogen-bond acceptors (Lipinski definition) is 6. The van der Waals surface area contributed by atoms with E-state index in [1.54, 1.807) is 0 Å². The van der Waals surface area contributed by atoms with Crippen molar-refractivity contribution in [2.24, 2.45) is 5.92 Å². The Hall–Kier alpha value is -2.81. The molecule has 0 bridgehead atoms. The van der Waals surface area contributed by atoms with Crippen LogP contribution in [0.15, 0.2) is 24.3 Å². The molecule has 1 unspecified atom stereocenters. The number of nitrogens with one attached hydrogen (secondary N) is 2. The fourth-order valence-corrected chi connectivity index (χ4v) is 3.97. The Balaban J connectivity index is 1.55. The molecular formula is C17H18N4O4S. The van der Waals surface area contributed by atoms with Gasteiger partial charge in [-0.1, -0.05) is 13.0 Å². The first kappa shape index (κ1) is 18.0. The third kappa shape index (κ3) is 4.23. The van der Waals surface area contributed by atoms with E-state index in [-0.39, 0.29) is 23.7 Å². The Labute approximate surface area is 153 Å². The molecule has 0 spiro atoms. The summed E-state index contributed by atoms with van der Waals surface area (Å²) in [5.41, 5.74) is 0.999. The van der Waals surface area contributed by atoms with E-state index in [2.05, 4.69) is 22.5 Å². The number of nitro benzene ring substituents is 1. The highest BCUT2D eigenvalue weighted by Gasteiger charge is 2.20. The van der Waals surface area contributed by atoms with Crippen molar-refractivity contribution in [3.63, 3.8) is 0 Å². The molecule has 0 saturated carbocycles. The van der Waals surface area contributed by atoms with E-state index in [4.69, 9.17) is 0 Å². The van der Waals surface area contributed by atoms with Crippen LogP contribution in [-0.2, 0) is 17.6 Å². The van der Waals surface area contributed by atoms with Gasteiger partial charge in [-0.3, -0.25) is 19.7 Å². The average Bonchev–Trinajstić information content (AvgIpc) is 3.00. The van der Waals surface area contributed by atoms with Crippen LogP contribution >= 0.6 is 11.3 Å². The number of aryl methyl sites for hydroxylation is 1. The zero-order valence-electron chi connectivity index (χ0n) is 14.2. The summed E-state index contributed by atoms with van der Waals surface area (Å²) >= 11 is 1.47. The van der Waals surface area contributed by atoms with Crippen molar-refractivity contribution in [1.82, 2.24) is 10.3 Å². The highest BCUT2D eigenvalue weighted by molar-refractivity contribution is 7.15. The van der Waals surface area contributed by atoms with Gasteiger partial charge in [0.25, 0.3) is 11.6 Å². The molecule has 2 N–H and O–H groups in total. The fourth-order valence-electron chi connectivity index (χ4n) is 2.78. The zero-order valence-corrected chi connectivity index (χ0v) is 15.0. The Bertz CT molecular complexity index is 864. The molecule has 0 fully saturated rings. The van der Waals surface area contributed by atoms with Crippen LogP contribution in [-0.4, -0.2) is 28.3 Å². The molecule has 1 heterocycles. The number of hydrogen-bond donors (Lipinski definition) is 2. The first-order valence-electron chi connectivity index (χ1n) is 8.23. The number of non-ortho nitro benzene ring substituents is 1. The van der Waals surface area contributed by atoms with Crippen molar-refractivity contribution in [2.75, 3.05) is 11.9 Å². The van der Waals surface area contributed by atoms with Gasteiger partial charge in [0.1, 0.15) is 0 Å². The molecule has 1 aliphatic rings. The van der Waals surface area contributed by atoms with E-state index in [0.29, 0.717) is 11.0 Å². The quantitative estimate of drug-likeness (QED) is 0.616. The normalized spacial score (nSPS) is 15.8. The molecule has 0 radical (unpaired) electrons. The second kappa shape index (κ2) is 7.61. The Morgan fingerprint density at radius 2 is 2.23 bits per heavy atom. The molecular weight excluding hydrogens is 356 g/mol. The van der Waals surface area contributed by atoms with Crippen LogP contribution in [0.1, 0.15) is 34.3 Å². The van der Waals surface area contributed by atoms with Crippen molar-refractivity contribution in [1.29, 1.82) is 0 Å². The summed E-state index contributed by atoms with van der Waals surface area (Å²) in [6, 6.07) is 5.35. The smallest absolute Gasteiger partial charge is 0.270 e. The fraction of sp³-hybridized carbons (Fsp3) is 0.353.